The average Bonchev–Trinajstić information content (AvgIpc) is 2.29. The van der Waals surface area contributed by atoms with Crippen LogP contribution in [0.4, 0.5) is 0 Å². The number of halogens is 3. The summed E-state index contributed by atoms with van der Waals surface area (Å²) in [5.41, 5.74) is 0. The van der Waals surface area contributed by atoms with E-state index in [0.29, 0.717) is 10.4 Å². The van der Waals surface area contributed by atoms with Gasteiger partial charge in [0.2, 0.25) is 16.3 Å². The fourth-order valence-corrected chi connectivity index (χ4v) is 1.56. The van der Waals surface area contributed by atoms with Crippen molar-refractivity contribution in [2.24, 2.45) is 0 Å². The molecule has 0 bridgehead atoms. The van der Waals surface area contributed by atoms with Crippen molar-refractivity contribution in [1.82, 2.24) is 19.4 Å². The summed E-state index contributed by atoms with van der Waals surface area (Å²) < 4.78 is 2.17. The summed E-state index contributed by atoms with van der Waals surface area (Å²) >= 11 is 14.5. The molecule has 0 fully saturated rings. The van der Waals surface area contributed by atoms with Gasteiger partial charge in [-0.05, 0) is 39.1 Å². The first-order valence-electron chi connectivity index (χ1n) is 2.90. The molecular formula is C5HBrCl2N4. The Bertz CT molecular complexity index is 440. The lowest BCUT2D eigenvalue weighted by Gasteiger charge is -1.94. The molecule has 4 nitrogen and oxygen atoms in total. The van der Waals surface area contributed by atoms with Gasteiger partial charge in [-0.3, -0.25) is 4.40 Å². The summed E-state index contributed by atoms with van der Waals surface area (Å²) in [6.07, 6.45) is 1.66. The molecule has 0 radical (unpaired) electrons. The van der Waals surface area contributed by atoms with Gasteiger partial charge >= 0.3 is 0 Å². The number of hydrogen-bond acceptors (Lipinski definition) is 3. The van der Waals surface area contributed by atoms with Crippen LogP contribution < -0.4 is 0 Å². The Hall–Kier alpha value is -0.390. The third-order valence-corrected chi connectivity index (χ3v) is 2.05. The minimum absolute atomic E-state index is 0.0885. The highest BCUT2D eigenvalue weighted by Gasteiger charge is 2.05. The maximum absolute atomic E-state index is 5.74. The van der Waals surface area contributed by atoms with Crippen LogP contribution in [0.2, 0.25) is 10.6 Å². The highest BCUT2D eigenvalue weighted by molar-refractivity contribution is 9.10. The molecular weight excluding hydrogens is 267 g/mol. The van der Waals surface area contributed by atoms with Crippen molar-refractivity contribution in [2.75, 3.05) is 0 Å². The fourth-order valence-electron chi connectivity index (χ4n) is 0.795. The number of fused-ring (bicyclic) bond motifs is 1. The molecule has 0 N–H and O–H groups in total. The predicted octanol–water partition coefficient (Wildman–Crippen LogP) is 2.19. The Morgan fingerprint density at radius 2 is 2.00 bits per heavy atom. The van der Waals surface area contributed by atoms with Crippen LogP contribution in [0.15, 0.2) is 10.8 Å². The van der Waals surface area contributed by atoms with Crippen molar-refractivity contribution in [2.45, 2.75) is 0 Å². The summed E-state index contributed by atoms with van der Waals surface area (Å²) in [6, 6.07) is 0. The molecule has 2 heterocycles. The van der Waals surface area contributed by atoms with E-state index < -0.39 is 0 Å². The second kappa shape index (κ2) is 2.83. The maximum atomic E-state index is 5.74. The minimum Gasteiger partial charge on any atom is -0.257 e. The van der Waals surface area contributed by atoms with Crippen LogP contribution in [-0.4, -0.2) is 19.4 Å². The van der Waals surface area contributed by atoms with Crippen molar-refractivity contribution >= 4 is 44.9 Å². The fraction of sp³-hybridized carbons (Fsp3) is 0. The largest absolute Gasteiger partial charge is 0.257 e. The number of rotatable bonds is 0. The van der Waals surface area contributed by atoms with Gasteiger partial charge in [0.1, 0.15) is 4.60 Å². The van der Waals surface area contributed by atoms with Gasteiger partial charge in [0, 0.05) is 6.20 Å². The molecule has 12 heavy (non-hydrogen) atoms. The molecule has 2 rings (SSSR count). The molecule has 0 unspecified atom stereocenters. The van der Waals surface area contributed by atoms with Crippen LogP contribution in [0.5, 0.6) is 0 Å². The van der Waals surface area contributed by atoms with Crippen molar-refractivity contribution < 1.29 is 0 Å². The summed E-state index contributed by atoms with van der Waals surface area (Å²) in [5, 5.41) is 0.328. The van der Waals surface area contributed by atoms with Crippen LogP contribution in [0.1, 0.15) is 0 Å². The van der Waals surface area contributed by atoms with Gasteiger partial charge in [0.15, 0.2) is 0 Å². The molecule has 0 aliphatic carbocycles. The first-order valence-corrected chi connectivity index (χ1v) is 4.45. The molecule has 2 aromatic heterocycles. The normalized spacial score (nSPS) is 10.9. The zero-order chi connectivity index (χ0) is 8.72. The second-order valence-corrected chi connectivity index (χ2v) is 3.48. The smallest absolute Gasteiger partial charge is 0.240 e. The number of hydrogen-bond donors (Lipinski definition) is 0. The second-order valence-electron chi connectivity index (χ2n) is 2.00. The number of nitrogens with zero attached hydrogens (tertiary/aromatic N) is 4. The molecule has 7 heteroatoms. The third-order valence-electron chi connectivity index (χ3n) is 1.23. The van der Waals surface area contributed by atoms with Gasteiger partial charge in [-0.2, -0.15) is 9.97 Å². The molecule has 62 valence electrons. The van der Waals surface area contributed by atoms with E-state index in [1.54, 1.807) is 6.20 Å². The van der Waals surface area contributed by atoms with E-state index >= 15 is 0 Å². The first kappa shape index (κ1) is 8.22. The van der Waals surface area contributed by atoms with Gasteiger partial charge in [-0.15, -0.1) is 0 Å². The Morgan fingerprint density at radius 3 is 2.75 bits per heavy atom. The van der Waals surface area contributed by atoms with E-state index in [2.05, 4.69) is 30.9 Å². The standard InChI is InChI=1S/C5HBrCl2N4/c6-2-1-12-4(8)10-3(7)11-5(12)9-2/h1H. The van der Waals surface area contributed by atoms with E-state index in [9.17, 15) is 0 Å². The van der Waals surface area contributed by atoms with Crippen LogP contribution in [0.3, 0.4) is 0 Å². The molecule has 0 atom stereocenters. The van der Waals surface area contributed by atoms with E-state index in [4.69, 9.17) is 23.2 Å². The maximum Gasteiger partial charge on any atom is 0.240 e. The van der Waals surface area contributed by atoms with E-state index in [1.165, 1.54) is 4.40 Å². The molecule has 0 spiro atoms. The summed E-state index contributed by atoms with van der Waals surface area (Å²) in [5.74, 6) is 0.423. The van der Waals surface area contributed by atoms with Gasteiger partial charge < -0.3 is 0 Å². The SMILES string of the molecule is Clc1nc(Cl)n2cc(Br)nc2n1. The molecule has 0 aliphatic rings. The molecule has 0 aromatic carbocycles. The van der Waals surface area contributed by atoms with Crippen molar-refractivity contribution in [3.63, 3.8) is 0 Å². The first-order chi connectivity index (χ1) is 5.66. The highest BCUT2D eigenvalue weighted by Crippen LogP contribution is 2.15. The van der Waals surface area contributed by atoms with Gasteiger partial charge in [-0.25, -0.2) is 4.98 Å². The topological polar surface area (TPSA) is 43.1 Å². The quantitative estimate of drug-likeness (QED) is 0.735. The monoisotopic (exact) mass is 266 g/mol. The summed E-state index contributed by atoms with van der Waals surface area (Å²) in [6.45, 7) is 0. The highest BCUT2D eigenvalue weighted by atomic mass is 79.9. The van der Waals surface area contributed by atoms with Crippen LogP contribution >= 0.6 is 39.1 Å². The zero-order valence-corrected chi connectivity index (χ0v) is 8.60. The van der Waals surface area contributed by atoms with Gasteiger partial charge in [0.05, 0.1) is 0 Å². The molecule has 0 aliphatic heterocycles. The number of imidazole rings is 1. The lowest BCUT2D eigenvalue weighted by molar-refractivity contribution is 1.01. The lowest BCUT2D eigenvalue weighted by Crippen LogP contribution is -1.93. The summed E-state index contributed by atoms with van der Waals surface area (Å²) in [7, 11) is 0. The van der Waals surface area contributed by atoms with Crippen LogP contribution in [0.25, 0.3) is 5.78 Å². The van der Waals surface area contributed by atoms with Crippen LogP contribution in [0, 0.1) is 0 Å². The van der Waals surface area contributed by atoms with Crippen molar-refractivity contribution in [1.29, 1.82) is 0 Å². The zero-order valence-electron chi connectivity index (χ0n) is 5.50. The Morgan fingerprint density at radius 1 is 1.25 bits per heavy atom. The number of aromatic nitrogens is 4. The minimum atomic E-state index is 0.0885. The van der Waals surface area contributed by atoms with Gasteiger partial charge in [0.25, 0.3) is 0 Å². The molecule has 0 amide bonds. The lowest BCUT2D eigenvalue weighted by atomic mass is 10.9. The van der Waals surface area contributed by atoms with E-state index in [1.807, 2.05) is 0 Å². The van der Waals surface area contributed by atoms with Crippen LogP contribution in [-0.2, 0) is 0 Å². The predicted molar refractivity (Wildman–Crippen MR) is 48.5 cm³/mol. The Balaban J connectivity index is 2.88. The molecule has 0 saturated heterocycles. The third kappa shape index (κ3) is 1.28. The van der Waals surface area contributed by atoms with Gasteiger partial charge in [-0.1, -0.05) is 0 Å². The van der Waals surface area contributed by atoms with E-state index in [0.717, 1.165) is 0 Å². The summed E-state index contributed by atoms with van der Waals surface area (Å²) in [4.78, 5) is 11.6. The Labute approximate surface area is 85.7 Å². The molecule has 0 saturated carbocycles. The van der Waals surface area contributed by atoms with Crippen molar-refractivity contribution in [3.05, 3.63) is 21.4 Å². The average molecular weight is 268 g/mol. The van der Waals surface area contributed by atoms with E-state index in [-0.39, 0.29) is 10.6 Å². The Kier molecular flexibility index (Phi) is 1.94. The molecule has 2 aromatic rings. The van der Waals surface area contributed by atoms with Crippen molar-refractivity contribution in [3.8, 4) is 0 Å².